The Hall–Kier alpha value is -3.59. The number of ether oxygens (including phenoxy) is 2. The number of fused-ring (bicyclic) bond motifs is 1. The van der Waals surface area contributed by atoms with Gasteiger partial charge in [-0.1, -0.05) is 23.4 Å². The number of rotatable bonds is 5. The van der Waals surface area contributed by atoms with Gasteiger partial charge in [0.15, 0.2) is 27.1 Å². The summed E-state index contributed by atoms with van der Waals surface area (Å²) in [6, 6.07) is 16.7. The fraction of sp³-hybridized carbons (Fsp3) is 0.100. The number of hydrogen-bond acceptors (Lipinski definition) is 8. The van der Waals surface area contributed by atoms with Crippen LogP contribution in [-0.2, 0) is 15.6 Å². The van der Waals surface area contributed by atoms with Crippen LogP contribution in [0.3, 0.4) is 0 Å². The zero-order chi connectivity index (χ0) is 19.8. The highest BCUT2D eigenvalue weighted by Crippen LogP contribution is 2.35. The number of hydrogen-bond donors (Lipinski definition) is 0. The van der Waals surface area contributed by atoms with Crippen LogP contribution in [0.4, 0.5) is 0 Å². The van der Waals surface area contributed by atoms with Crippen LogP contribution < -0.4 is 9.47 Å². The molecule has 1 aliphatic rings. The highest BCUT2D eigenvalue weighted by Gasteiger charge is 2.21. The minimum Gasteiger partial charge on any atom is -0.455 e. The Morgan fingerprint density at radius 1 is 0.931 bits per heavy atom. The number of furan rings is 1. The first-order valence-corrected chi connectivity index (χ1v) is 10.3. The van der Waals surface area contributed by atoms with Crippen molar-refractivity contribution >= 4 is 9.84 Å². The van der Waals surface area contributed by atoms with Crippen LogP contribution in [0.2, 0.25) is 0 Å². The third-order valence-electron chi connectivity index (χ3n) is 4.36. The van der Waals surface area contributed by atoms with E-state index in [0.717, 1.165) is 0 Å². The van der Waals surface area contributed by atoms with Crippen molar-refractivity contribution in [2.45, 2.75) is 10.6 Å². The highest BCUT2D eigenvalue weighted by molar-refractivity contribution is 7.90. The lowest BCUT2D eigenvalue weighted by molar-refractivity contribution is 0.174. The van der Waals surface area contributed by atoms with E-state index in [9.17, 15) is 8.42 Å². The molecule has 3 heterocycles. The zero-order valence-corrected chi connectivity index (χ0v) is 15.8. The third-order valence-corrected chi connectivity index (χ3v) is 6.02. The quantitative estimate of drug-likeness (QED) is 0.490. The van der Waals surface area contributed by atoms with Gasteiger partial charge in [0.05, 0.1) is 4.90 Å². The summed E-state index contributed by atoms with van der Waals surface area (Å²) < 4.78 is 46.5. The van der Waals surface area contributed by atoms with Crippen LogP contribution in [0, 0.1) is 0 Å². The summed E-state index contributed by atoms with van der Waals surface area (Å²) in [5, 5.41) is 3.96. The maximum atomic E-state index is 12.5. The molecule has 5 rings (SSSR count). The summed E-state index contributed by atoms with van der Waals surface area (Å²) >= 11 is 0. The van der Waals surface area contributed by atoms with Gasteiger partial charge in [0.25, 0.3) is 5.89 Å². The van der Waals surface area contributed by atoms with Gasteiger partial charge < -0.3 is 18.4 Å². The van der Waals surface area contributed by atoms with E-state index < -0.39 is 9.84 Å². The maximum absolute atomic E-state index is 12.5. The summed E-state index contributed by atoms with van der Waals surface area (Å²) in [6.45, 7) is 0.178. The Morgan fingerprint density at radius 3 is 2.62 bits per heavy atom. The molecule has 29 heavy (non-hydrogen) atoms. The molecule has 0 N–H and O–H groups in total. The van der Waals surface area contributed by atoms with Crippen molar-refractivity contribution in [1.29, 1.82) is 0 Å². The average Bonchev–Trinajstić information content (AvgIpc) is 3.48. The van der Waals surface area contributed by atoms with E-state index >= 15 is 0 Å². The molecule has 0 fully saturated rings. The molecule has 146 valence electrons. The fourth-order valence-electron chi connectivity index (χ4n) is 2.95. The lowest BCUT2D eigenvalue weighted by Gasteiger charge is -2.01. The van der Waals surface area contributed by atoms with Gasteiger partial charge in [-0.05, 0) is 42.5 Å². The first-order chi connectivity index (χ1) is 14.1. The van der Waals surface area contributed by atoms with Crippen molar-refractivity contribution in [2.75, 3.05) is 6.79 Å². The second-order valence-corrected chi connectivity index (χ2v) is 8.32. The molecular formula is C20H14N2O6S. The van der Waals surface area contributed by atoms with Gasteiger partial charge in [-0.2, -0.15) is 4.98 Å². The van der Waals surface area contributed by atoms with E-state index in [0.29, 0.717) is 28.6 Å². The molecule has 0 unspecified atom stereocenters. The number of sulfone groups is 1. The molecule has 9 heteroatoms. The molecule has 0 radical (unpaired) electrons. The van der Waals surface area contributed by atoms with E-state index in [2.05, 4.69) is 10.1 Å². The van der Waals surface area contributed by atoms with Gasteiger partial charge >= 0.3 is 0 Å². The van der Waals surface area contributed by atoms with Crippen LogP contribution in [0.15, 0.2) is 74.5 Å². The second kappa shape index (κ2) is 6.78. The van der Waals surface area contributed by atoms with Crippen molar-refractivity contribution < 1.29 is 26.8 Å². The normalized spacial score (nSPS) is 13.0. The first-order valence-electron chi connectivity index (χ1n) is 8.69. The lowest BCUT2D eigenvalue weighted by atomic mass is 10.2. The molecule has 2 aromatic carbocycles. The van der Waals surface area contributed by atoms with Crippen LogP contribution in [-0.4, -0.2) is 25.4 Å². The topological polar surface area (TPSA) is 105 Å². The van der Waals surface area contributed by atoms with Gasteiger partial charge in [-0.25, -0.2) is 8.42 Å². The van der Waals surface area contributed by atoms with Crippen molar-refractivity contribution in [3.8, 4) is 34.5 Å². The predicted molar refractivity (Wildman–Crippen MR) is 101 cm³/mol. The van der Waals surface area contributed by atoms with Crippen molar-refractivity contribution in [2.24, 2.45) is 0 Å². The molecule has 0 saturated heterocycles. The molecule has 0 amide bonds. The van der Waals surface area contributed by atoms with Crippen LogP contribution in [0.25, 0.3) is 23.0 Å². The molecule has 1 aliphatic heterocycles. The Kier molecular flexibility index (Phi) is 4.09. The first kappa shape index (κ1) is 17.5. The van der Waals surface area contributed by atoms with E-state index in [1.165, 1.54) is 0 Å². The van der Waals surface area contributed by atoms with Gasteiger partial charge in [-0.3, -0.25) is 0 Å². The lowest BCUT2D eigenvalue weighted by Crippen LogP contribution is -2.03. The van der Waals surface area contributed by atoms with Gasteiger partial charge in [0.1, 0.15) is 11.5 Å². The Balaban J connectivity index is 1.38. The van der Waals surface area contributed by atoms with Crippen LogP contribution in [0.5, 0.6) is 11.5 Å². The number of aromatic nitrogens is 2. The molecular weight excluding hydrogens is 396 g/mol. The smallest absolute Gasteiger partial charge is 0.293 e. The fourth-order valence-corrected chi connectivity index (χ4v) is 4.21. The molecule has 0 saturated carbocycles. The largest absolute Gasteiger partial charge is 0.455 e. The molecule has 0 atom stereocenters. The van der Waals surface area contributed by atoms with Crippen molar-refractivity contribution in [1.82, 2.24) is 10.1 Å². The van der Waals surface area contributed by atoms with E-state index in [-0.39, 0.29) is 29.1 Å². The maximum Gasteiger partial charge on any atom is 0.293 e. The van der Waals surface area contributed by atoms with E-state index in [1.54, 1.807) is 60.7 Å². The van der Waals surface area contributed by atoms with Gasteiger partial charge in [0.2, 0.25) is 12.6 Å². The minimum absolute atomic E-state index is 0.154. The third kappa shape index (κ3) is 3.36. The summed E-state index contributed by atoms with van der Waals surface area (Å²) in [5.41, 5.74) is 0.697. The Morgan fingerprint density at radius 2 is 1.76 bits per heavy atom. The van der Waals surface area contributed by atoms with Crippen LogP contribution >= 0.6 is 0 Å². The molecule has 8 nitrogen and oxygen atoms in total. The SMILES string of the molecule is O=S(=O)(Cc1ccc(-c2nc(-c3ccc4c(c3)OCO4)no2)o1)c1ccccc1. The second-order valence-electron chi connectivity index (χ2n) is 6.33. The summed E-state index contributed by atoms with van der Waals surface area (Å²) in [5.74, 6) is 2.09. The minimum atomic E-state index is -3.51. The van der Waals surface area contributed by atoms with E-state index in [1.807, 2.05) is 0 Å². The predicted octanol–water partition coefficient (Wildman–Crippen LogP) is 3.70. The highest BCUT2D eigenvalue weighted by atomic mass is 32.2. The van der Waals surface area contributed by atoms with Crippen molar-refractivity contribution in [3.05, 3.63) is 66.4 Å². The molecule has 0 spiro atoms. The van der Waals surface area contributed by atoms with Crippen molar-refractivity contribution in [3.63, 3.8) is 0 Å². The molecule has 0 bridgehead atoms. The Bertz CT molecular complexity index is 1280. The van der Waals surface area contributed by atoms with Crippen LogP contribution in [0.1, 0.15) is 5.76 Å². The summed E-state index contributed by atoms with van der Waals surface area (Å²) in [6.07, 6.45) is 0. The van der Waals surface area contributed by atoms with Gasteiger partial charge in [0, 0.05) is 5.56 Å². The Labute approximate surface area is 165 Å². The standard InChI is InChI=1S/C20H14N2O6S/c23-29(24,15-4-2-1-3-5-15)11-14-7-9-17(27-14)20-21-19(22-28-20)13-6-8-16-18(10-13)26-12-25-16/h1-10H,11-12H2. The molecule has 2 aromatic heterocycles. The number of benzene rings is 2. The summed E-state index contributed by atoms with van der Waals surface area (Å²) in [4.78, 5) is 4.56. The number of nitrogens with zero attached hydrogens (tertiary/aromatic N) is 2. The molecule has 0 aliphatic carbocycles. The monoisotopic (exact) mass is 410 g/mol. The van der Waals surface area contributed by atoms with Gasteiger partial charge in [-0.15, -0.1) is 0 Å². The molecule has 4 aromatic rings. The average molecular weight is 410 g/mol. The zero-order valence-electron chi connectivity index (χ0n) is 14.9. The van der Waals surface area contributed by atoms with E-state index in [4.69, 9.17) is 18.4 Å². The summed E-state index contributed by atoms with van der Waals surface area (Å²) in [7, 11) is -3.51.